The third-order valence-corrected chi connectivity index (χ3v) is 3.28. The molecule has 3 nitrogen and oxygen atoms in total. The minimum atomic E-state index is 0.646. The van der Waals surface area contributed by atoms with E-state index in [2.05, 4.69) is 13.0 Å². The molecule has 2 N–H and O–H groups in total. The Balaban J connectivity index is 2.53. The molecule has 0 amide bonds. The van der Waals surface area contributed by atoms with Crippen molar-refractivity contribution in [2.24, 2.45) is 0 Å². The van der Waals surface area contributed by atoms with Gasteiger partial charge in [0.1, 0.15) is 11.5 Å². The van der Waals surface area contributed by atoms with E-state index >= 15 is 0 Å². The number of nitrogen functional groups attached to an aromatic ring is 1. The number of rotatable bonds is 3. The van der Waals surface area contributed by atoms with Crippen LogP contribution in [0.15, 0.2) is 30.3 Å². The molecule has 0 spiro atoms. The zero-order valence-corrected chi connectivity index (χ0v) is 11.8. The van der Waals surface area contributed by atoms with Crippen LogP contribution >= 0.6 is 0 Å². The third-order valence-electron chi connectivity index (χ3n) is 3.28. The van der Waals surface area contributed by atoms with E-state index in [9.17, 15) is 0 Å². The summed E-state index contributed by atoms with van der Waals surface area (Å²) < 4.78 is 10.5. The van der Waals surface area contributed by atoms with E-state index in [1.54, 1.807) is 14.2 Å². The molecule has 0 atom stereocenters. The highest BCUT2D eigenvalue weighted by atomic mass is 16.5. The summed E-state index contributed by atoms with van der Waals surface area (Å²) in [6.07, 6.45) is 0. The fourth-order valence-electron chi connectivity index (χ4n) is 2.22. The lowest BCUT2D eigenvalue weighted by Crippen LogP contribution is -1.94. The van der Waals surface area contributed by atoms with Crippen molar-refractivity contribution in [3.05, 3.63) is 41.5 Å². The molecule has 0 bridgehead atoms. The van der Waals surface area contributed by atoms with Crippen molar-refractivity contribution < 1.29 is 9.47 Å². The van der Waals surface area contributed by atoms with Gasteiger partial charge in [-0.15, -0.1) is 0 Å². The third kappa shape index (κ3) is 2.50. The first-order valence-corrected chi connectivity index (χ1v) is 6.16. The minimum absolute atomic E-state index is 0.646. The SMILES string of the molecule is COc1cc(C)c(-c2ccc(OC)c(N)c2)cc1C. The Kier molecular flexibility index (Phi) is 3.65. The summed E-state index contributed by atoms with van der Waals surface area (Å²) in [7, 11) is 3.31. The lowest BCUT2D eigenvalue weighted by atomic mass is 9.97. The molecule has 0 aromatic heterocycles. The normalized spacial score (nSPS) is 10.3. The van der Waals surface area contributed by atoms with Crippen LogP contribution in [0.4, 0.5) is 5.69 Å². The fraction of sp³-hybridized carbons (Fsp3) is 0.250. The van der Waals surface area contributed by atoms with Crippen LogP contribution in [0.3, 0.4) is 0 Å². The molecule has 0 aliphatic rings. The van der Waals surface area contributed by atoms with Gasteiger partial charge in [-0.25, -0.2) is 0 Å². The van der Waals surface area contributed by atoms with Crippen LogP contribution in [0.5, 0.6) is 11.5 Å². The number of ether oxygens (including phenoxy) is 2. The molecule has 2 aromatic carbocycles. The largest absolute Gasteiger partial charge is 0.496 e. The van der Waals surface area contributed by atoms with Gasteiger partial charge in [-0.2, -0.15) is 0 Å². The summed E-state index contributed by atoms with van der Waals surface area (Å²) in [6.45, 7) is 4.10. The van der Waals surface area contributed by atoms with E-state index in [1.165, 1.54) is 0 Å². The number of benzene rings is 2. The smallest absolute Gasteiger partial charge is 0.141 e. The molecule has 0 aliphatic heterocycles. The van der Waals surface area contributed by atoms with Crippen molar-refractivity contribution >= 4 is 5.69 Å². The highest BCUT2D eigenvalue weighted by molar-refractivity contribution is 5.74. The first-order valence-electron chi connectivity index (χ1n) is 6.16. The first kappa shape index (κ1) is 13.3. The van der Waals surface area contributed by atoms with Gasteiger partial charge in [0.25, 0.3) is 0 Å². The predicted molar refractivity (Wildman–Crippen MR) is 78.9 cm³/mol. The van der Waals surface area contributed by atoms with Crippen molar-refractivity contribution in [2.75, 3.05) is 20.0 Å². The van der Waals surface area contributed by atoms with Gasteiger partial charge in [0.2, 0.25) is 0 Å². The van der Waals surface area contributed by atoms with Crippen LogP contribution < -0.4 is 15.2 Å². The Morgan fingerprint density at radius 3 is 2.11 bits per heavy atom. The van der Waals surface area contributed by atoms with Crippen LogP contribution in [0.1, 0.15) is 11.1 Å². The van der Waals surface area contributed by atoms with Crippen LogP contribution in [0.2, 0.25) is 0 Å². The second-order valence-corrected chi connectivity index (χ2v) is 4.59. The van der Waals surface area contributed by atoms with Gasteiger partial charge in [-0.05, 0) is 60.4 Å². The van der Waals surface area contributed by atoms with E-state index in [-0.39, 0.29) is 0 Å². The van der Waals surface area contributed by atoms with E-state index in [4.69, 9.17) is 15.2 Å². The highest BCUT2D eigenvalue weighted by Gasteiger charge is 2.08. The van der Waals surface area contributed by atoms with E-state index in [0.717, 1.165) is 28.0 Å². The minimum Gasteiger partial charge on any atom is -0.496 e. The maximum atomic E-state index is 5.96. The first-order chi connectivity index (χ1) is 9.06. The Labute approximate surface area is 114 Å². The molecule has 0 unspecified atom stereocenters. The summed E-state index contributed by atoms with van der Waals surface area (Å²) >= 11 is 0. The molecule has 100 valence electrons. The number of hydrogen-bond acceptors (Lipinski definition) is 3. The van der Waals surface area contributed by atoms with Crippen LogP contribution in [0, 0.1) is 13.8 Å². The average Bonchev–Trinajstić information content (AvgIpc) is 2.40. The monoisotopic (exact) mass is 257 g/mol. The lowest BCUT2D eigenvalue weighted by Gasteiger charge is -2.13. The highest BCUT2D eigenvalue weighted by Crippen LogP contribution is 2.33. The zero-order valence-electron chi connectivity index (χ0n) is 11.8. The van der Waals surface area contributed by atoms with E-state index in [0.29, 0.717) is 11.4 Å². The van der Waals surface area contributed by atoms with E-state index in [1.807, 2.05) is 31.2 Å². The molecule has 0 aliphatic carbocycles. The van der Waals surface area contributed by atoms with Crippen molar-refractivity contribution in [3.8, 4) is 22.6 Å². The maximum absolute atomic E-state index is 5.96. The van der Waals surface area contributed by atoms with Gasteiger partial charge < -0.3 is 15.2 Å². The molecule has 3 heteroatoms. The Morgan fingerprint density at radius 1 is 0.842 bits per heavy atom. The fourth-order valence-corrected chi connectivity index (χ4v) is 2.22. The number of methoxy groups -OCH3 is 2. The van der Waals surface area contributed by atoms with Crippen LogP contribution in [-0.2, 0) is 0 Å². The Morgan fingerprint density at radius 2 is 1.53 bits per heavy atom. The van der Waals surface area contributed by atoms with Gasteiger partial charge in [0.15, 0.2) is 0 Å². The number of hydrogen-bond donors (Lipinski definition) is 1. The van der Waals surface area contributed by atoms with Crippen molar-refractivity contribution in [1.29, 1.82) is 0 Å². The second-order valence-electron chi connectivity index (χ2n) is 4.59. The summed E-state index contributed by atoms with van der Waals surface area (Å²) in [4.78, 5) is 0. The van der Waals surface area contributed by atoms with Crippen LogP contribution in [-0.4, -0.2) is 14.2 Å². The summed E-state index contributed by atoms with van der Waals surface area (Å²) in [5, 5.41) is 0. The average molecular weight is 257 g/mol. The number of aryl methyl sites for hydroxylation is 2. The van der Waals surface area contributed by atoms with Gasteiger partial charge in [0.05, 0.1) is 19.9 Å². The quantitative estimate of drug-likeness (QED) is 0.855. The number of anilines is 1. The van der Waals surface area contributed by atoms with Gasteiger partial charge in [-0.1, -0.05) is 6.07 Å². The second kappa shape index (κ2) is 5.22. The number of nitrogens with two attached hydrogens (primary N) is 1. The molecule has 19 heavy (non-hydrogen) atoms. The maximum Gasteiger partial charge on any atom is 0.141 e. The van der Waals surface area contributed by atoms with Gasteiger partial charge >= 0.3 is 0 Å². The van der Waals surface area contributed by atoms with E-state index < -0.39 is 0 Å². The molecule has 0 saturated heterocycles. The molecule has 0 saturated carbocycles. The van der Waals surface area contributed by atoms with Crippen LogP contribution in [0.25, 0.3) is 11.1 Å². The lowest BCUT2D eigenvalue weighted by molar-refractivity contribution is 0.411. The summed E-state index contributed by atoms with van der Waals surface area (Å²) in [5.41, 5.74) is 11.1. The van der Waals surface area contributed by atoms with Gasteiger partial charge in [-0.3, -0.25) is 0 Å². The Hall–Kier alpha value is -2.16. The molecule has 0 fully saturated rings. The van der Waals surface area contributed by atoms with Crippen molar-refractivity contribution in [3.63, 3.8) is 0 Å². The van der Waals surface area contributed by atoms with Gasteiger partial charge in [0, 0.05) is 0 Å². The summed E-state index contributed by atoms with van der Waals surface area (Å²) in [5.74, 6) is 1.61. The van der Waals surface area contributed by atoms with Crippen molar-refractivity contribution in [2.45, 2.75) is 13.8 Å². The topological polar surface area (TPSA) is 44.5 Å². The standard InChI is InChI=1S/C16H19NO2/c1-10-8-16(19-4)11(2)7-13(10)12-5-6-15(18-3)14(17)9-12/h5-9H,17H2,1-4H3. The van der Waals surface area contributed by atoms with Crippen molar-refractivity contribution in [1.82, 2.24) is 0 Å². The molecule has 2 rings (SSSR count). The molecule has 0 heterocycles. The molecular weight excluding hydrogens is 238 g/mol. The molecular formula is C16H19NO2. The molecule has 0 radical (unpaired) electrons. The predicted octanol–water partition coefficient (Wildman–Crippen LogP) is 3.57. The molecule has 2 aromatic rings. The summed E-state index contributed by atoms with van der Waals surface area (Å²) in [6, 6.07) is 10.0. The zero-order chi connectivity index (χ0) is 14.0. The Bertz CT molecular complexity index is 606.